The molecule has 0 aromatic carbocycles. The van der Waals surface area contributed by atoms with E-state index >= 15 is 0 Å². The topological polar surface area (TPSA) is 121 Å². The molecular weight excluding hydrogens is 312 g/mol. The number of hydrogen-bond acceptors (Lipinski definition) is 6. The number of hydrogen-bond donors (Lipinski definition) is 6. The summed E-state index contributed by atoms with van der Waals surface area (Å²) in [6.07, 6.45) is 3.41. The van der Waals surface area contributed by atoms with Crippen molar-refractivity contribution in [3.63, 3.8) is 0 Å². The van der Waals surface area contributed by atoms with E-state index in [0.29, 0.717) is 0 Å². The minimum Gasteiger partial charge on any atom is -0.394 e. The fraction of sp³-hybridized carbons (Fsp3) is 1.00. The second-order valence-electron chi connectivity index (χ2n) is 5.88. The molecule has 6 heteroatoms. The van der Waals surface area contributed by atoms with Crippen LogP contribution in [-0.4, -0.2) is 69.3 Å². The summed E-state index contributed by atoms with van der Waals surface area (Å²) in [5.41, 5.74) is 0. The molecule has 0 atom stereocenters. The molecule has 0 amide bonds. The summed E-state index contributed by atoms with van der Waals surface area (Å²) in [5.74, 6) is 1.87. The third-order valence-electron chi connectivity index (χ3n) is 3.63. The summed E-state index contributed by atoms with van der Waals surface area (Å²) in [5, 5.41) is 48.0. The first-order chi connectivity index (χ1) is 11.2. The van der Waals surface area contributed by atoms with Crippen molar-refractivity contribution in [1.82, 2.24) is 0 Å². The van der Waals surface area contributed by atoms with Crippen molar-refractivity contribution in [3.05, 3.63) is 0 Å². The highest BCUT2D eigenvalue weighted by molar-refractivity contribution is 4.44. The van der Waals surface area contributed by atoms with Crippen molar-refractivity contribution in [2.75, 3.05) is 26.4 Å². The first kappa shape index (κ1) is 31.5. The van der Waals surface area contributed by atoms with Gasteiger partial charge in [0, 0.05) is 0 Å². The van der Waals surface area contributed by atoms with Gasteiger partial charge in [0.2, 0.25) is 0 Å². The van der Waals surface area contributed by atoms with E-state index in [-0.39, 0.29) is 26.4 Å². The standard InChI is InChI=1S/2C6H14.2C3H8O3/c2*1-4-6(3)5-2;2*4-1-3(6)2-5/h2*6H,4-5H2,1-3H3;2*3-6H,1-2H2. The highest BCUT2D eigenvalue weighted by Crippen LogP contribution is 2.03. The molecule has 0 rings (SSSR count). The molecular formula is C18H44O6. The quantitative estimate of drug-likeness (QED) is 0.392. The Bertz CT molecular complexity index is 136. The van der Waals surface area contributed by atoms with Crippen molar-refractivity contribution in [2.45, 2.75) is 79.4 Å². The lowest BCUT2D eigenvalue weighted by Crippen LogP contribution is -2.15. The summed E-state index contributed by atoms with van der Waals surface area (Å²) in [7, 11) is 0. The van der Waals surface area contributed by atoms with Gasteiger partial charge in [-0.2, -0.15) is 0 Å². The third-order valence-corrected chi connectivity index (χ3v) is 3.63. The Morgan fingerprint density at radius 2 is 0.667 bits per heavy atom. The van der Waals surface area contributed by atoms with Gasteiger partial charge in [-0.3, -0.25) is 0 Å². The van der Waals surface area contributed by atoms with Gasteiger partial charge in [0.05, 0.1) is 26.4 Å². The van der Waals surface area contributed by atoms with Gasteiger partial charge in [0.25, 0.3) is 0 Å². The molecule has 0 spiro atoms. The van der Waals surface area contributed by atoms with Crippen LogP contribution in [-0.2, 0) is 0 Å². The predicted molar refractivity (Wildman–Crippen MR) is 99.8 cm³/mol. The predicted octanol–water partition coefficient (Wildman–Crippen LogP) is 1.55. The Morgan fingerprint density at radius 3 is 0.667 bits per heavy atom. The maximum Gasteiger partial charge on any atom is 0.100 e. The minimum atomic E-state index is -0.954. The summed E-state index contributed by atoms with van der Waals surface area (Å²) < 4.78 is 0. The molecule has 0 aromatic heterocycles. The van der Waals surface area contributed by atoms with Crippen molar-refractivity contribution in [1.29, 1.82) is 0 Å². The summed E-state index contributed by atoms with van der Waals surface area (Å²) in [6.45, 7) is 12.0. The van der Waals surface area contributed by atoms with Crippen molar-refractivity contribution >= 4 is 0 Å². The zero-order chi connectivity index (χ0) is 20.0. The van der Waals surface area contributed by atoms with E-state index in [1.807, 2.05) is 0 Å². The van der Waals surface area contributed by atoms with Gasteiger partial charge >= 0.3 is 0 Å². The van der Waals surface area contributed by atoms with Crippen LogP contribution >= 0.6 is 0 Å². The Morgan fingerprint density at radius 1 is 0.500 bits per heavy atom. The Labute approximate surface area is 149 Å². The molecule has 0 saturated carbocycles. The van der Waals surface area contributed by atoms with E-state index in [4.69, 9.17) is 30.6 Å². The first-order valence-electron chi connectivity index (χ1n) is 9.03. The van der Waals surface area contributed by atoms with E-state index in [9.17, 15) is 0 Å². The second kappa shape index (κ2) is 27.6. The monoisotopic (exact) mass is 356 g/mol. The van der Waals surface area contributed by atoms with Crippen molar-refractivity contribution in [2.24, 2.45) is 11.8 Å². The summed E-state index contributed by atoms with van der Waals surface area (Å²) >= 11 is 0. The molecule has 0 aliphatic heterocycles. The van der Waals surface area contributed by atoms with Gasteiger partial charge < -0.3 is 30.6 Å². The Hall–Kier alpha value is -0.240. The lowest BCUT2D eigenvalue weighted by atomic mass is 10.1. The van der Waals surface area contributed by atoms with Crippen LogP contribution in [0.3, 0.4) is 0 Å². The molecule has 0 saturated heterocycles. The fourth-order valence-electron chi connectivity index (χ4n) is 0.693. The molecule has 152 valence electrons. The average Bonchev–Trinajstić information content (AvgIpc) is 2.66. The minimum absolute atomic E-state index is 0.365. The van der Waals surface area contributed by atoms with Gasteiger partial charge in [-0.15, -0.1) is 0 Å². The normalized spacial score (nSPS) is 10.0. The molecule has 6 N–H and O–H groups in total. The van der Waals surface area contributed by atoms with Crippen LogP contribution < -0.4 is 0 Å². The number of aliphatic hydroxyl groups is 6. The van der Waals surface area contributed by atoms with E-state index < -0.39 is 12.2 Å². The van der Waals surface area contributed by atoms with Crippen LogP contribution in [0.2, 0.25) is 0 Å². The van der Waals surface area contributed by atoms with E-state index in [2.05, 4.69) is 41.5 Å². The molecule has 0 unspecified atom stereocenters. The molecule has 0 heterocycles. The van der Waals surface area contributed by atoms with E-state index in [0.717, 1.165) is 11.8 Å². The summed E-state index contributed by atoms with van der Waals surface area (Å²) in [6, 6.07) is 0. The molecule has 0 radical (unpaired) electrons. The maximum atomic E-state index is 8.17. The highest BCUT2D eigenvalue weighted by atomic mass is 16.3. The SMILES string of the molecule is CCC(C)CC.CCC(C)CC.OCC(O)CO.OCC(O)CO. The fourth-order valence-corrected chi connectivity index (χ4v) is 0.693. The van der Waals surface area contributed by atoms with E-state index in [1.165, 1.54) is 25.7 Å². The lowest BCUT2D eigenvalue weighted by molar-refractivity contribution is 0.0450. The summed E-state index contributed by atoms with van der Waals surface area (Å²) in [4.78, 5) is 0. The molecule has 0 aliphatic carbocycles. The Kier molecular flexibility index (Phi) is 36.3. The van der Waals surface area contributed by atoms with Crippen LogP contribution in [0.1, 0.15) is 67.2 Å². The zero-order valence-electron chi connectivity index (χ0n) is 16.6. The number of aliphatic hydroxyl groups excluding tert-OH is 6. The van der Waals surface area contributed by atoms with Crippen LogP contribution in [0.15, 0.2) is 0 Å². The first-order valence-corrected chi connectivity index (χ1v) is 9.03. The molecule has 6 nitrogen and oxygen atoms in total. The van der Waals surface area contributed by atoms with Crippen LogP contribution in [0.5, 0.6) is 0 Å². The van der Waals surface area contributed by atoms with Crippen LogP contribution in [0, 0.1) is 11.8 Å². The maximum absolute atomic E-state index is 8.17. The molecule has 0 fully saturated rings. The average molecular weight is 357 g/mol. The number of rotatable bonds is 8. The van der Waals surface area contributed by atoms with Crippen molar-refractivity contribution < 1.29 is 30.6 Å². The zero-order valence-corrected chi connectivity index (χ0v) is 16.6. The van der Waals surface area contributed by atoms with Crippen molar-refractivity contribution in [3.8, 4) is 0 Å². The van der Waals surface area contributed by atoms with Gasteiger partial charge in [-0.25, -0.2) is 0 Å². The molecule has 0 aliphatic rings. The lowest BCUT2D eigenvalue weighted by Gasteiger charge is -1.98. The smallest absolute Gasteiger partial charge is 0.100 e. The largest absolute Gasteiger partial charge is 0.394 e. The van der Waals surface area contributed by atoms with Crippen LogP contribution in [0.4, 0.5) is 0 Å². The molecule has 0 aromatic rings. The van der Waals surface area contributed by atoms with Gasteiger partial charge in [0.15, 0.2) is 0 Å². The van der Waals surface area contributed by atoms with Gasteiger partial charge in [0.1, 0.15) is 12.2 Å². The molecule has 0 bridgehead atoms. The van der Waals surface area contributed by atoms with Crippen LogP contribution in [0.25, 0.3) is 0 Å². The van der Waals surface area contributed by atoms with Gasteiger partial charge in [-0.05, 0) is 11.8 Å². The van der Waals surface area contributed by atoms with Gasteiger partial charge in [-0.1, -0.05) is 67.2 Å². The molecule has 24 heavy (non-hydrogen) atoms. The highest BCUT2D eigenvalue weighted by Gasteiger charge is 1.94. The second-order valence-corrected chi connectivity index (χ2v) is 5.88. The Balaban J connectivity index is -0.000000111. The third kappa shape index (κ3) is 37.8. The van der Waals surface area contributed by atoms with E-state index in [1.54, 1.807) is 0 Å².